The van der Waals surface area contributed by atoms with Crippen LogP contribution in [-0.2, 0) is 4.74 Å². The first-order chi connectivity index (χ1) is 3.80. The monoisotopic (exact) mass is 114 g/mol. The fraction of sp³-hybridized carbons (Fsp3) is 0.600. The summed E-state index contributed by atoms with van der Waals surface area (Å²) in [7, 11) is 3.93. The molecule has 0 unspecified atom stereocenters. The lowest BCUT2D eigenvalue weighted by atomic mass is 10.8. The minimum Gasteiger partial charge on any atom is -0.483 e. The van der Waals surface area contributed by atoms with E-state index in [2.05, 4.69) is 0 Å². The van der Waals surface area contributed by atoms with E-state index in [9.17, 15) is 0 Å². The highest BCUT2D eigenvalue weighted by Gasteiger charge is 2.03. The number of ether oxygens (including phenoxy) is 1. The predicted molar refractivity (Wildman–Crippen MR) is 30.6 cm³/mol. The lowest BCUT2D eigenvalue weighted by molar-refractivity contribution is -0.0391. The van der Waals surface area contributed by atoms with Gasteiger partial charge in [-0.3, -0.25) is 0 Å². The maximum absolute atomic E-state index is 4.96. The standard InChI is InChI=1S/C5H10N2O/c1-6-3-4-8-5-7(6)2/h3-4H,5H2,1-2H3. The van der Waals surface area contributed by atoms with Crippen molar-refractivity contribution < 1.29 is 4.74 Å². The normalized spacial score (nSPS) is 21.0. The van der Waals surface area contributed by atoms with Crippen molar-refractivity contribution in [1.82, 2.24) is 10.0 Å². The molecule has 3 heteroatoms. The molecule has 0 aliphatic carbocycles. The van der Waals surface area contributed by atoms with Crippen LogP contribution in [0.1, 0.15) is 0 Å². The minimum atomic E-state index is 0.646. The molecule has 0 bridgehead atoms. The van der Waals surface area contributed by atoms with Crippen molar-refractivity contribution in [2.75, 3.05) is 20.8 Å². The Labute approximate surface area is 49.1 Å². The van der Waals surface area contributed by atoms with Crippen LogP contribution in [-0.4, -0.2) is 30.8 Å². The Balaban J connectivity index is 2.47. The highest BCUT2D eigenvalue weighted by molar-refractivity contribution is 4.73. The van der Waals surface area contributed by atoms with Gasteiger partial charge >= 0.3 is 0 Å². The molecule has 46 valence electrons. The molecule has 0 aromatic carbocycles. The topological polar surface area (TPSA) is 15.7 Å². The number of hydrogen-bond donors (Lipinski definition) is 0. The summed E-state index contributed by atoms with van der Waals surface area (Å²) >= 11 is 0. The number of rotatable bonds is 0. The number of nitrogens with zero attached hydrogens (tertiary/aromatic N) is 2. The quantitative estimate of drug-likeness (QED) is 0.448. The highest BCUT2D eigenvalue weighted by Crippen LogP contribution is 1.97. The van der Waals surface area contributed by atoms with Crippen molar-refractivity contribution >= 4 is 0 Å². The summed E-state index contributed by atoms with van der Waals surface area (Å²) in [6.07, 6.45) is 3.55. The lowest BCUT2D eigenvalue weighted by Gasteiger charge is -2.28. The molecule has 0 saturated heterocycles. The van der Waals surface area contributed by atoms with Crippen LogP contribution >= 0.6 is 0 Å². The summed E-state index contributed by atoms with van der Waals surface area (Å²) in [5.74, 6) is 0. The van der Waals surface area contributed by atoms with Crippen molar-refractivity contribution in [2.45, 2.75) is 0 Å². The van der Waals surface area contributed by atoms with Crippen LogP contribution in [0.15, 0.2) is 12.5 Å². The summed E-state index contributed by atoms with van der Waals surface area (Å²) in [4.78, 5) is 0. The van der Waals surface area contributed by atoms with E-state index < -0.39 is 0 Å². The van der Waals surface area contributed by atoms with Gasteiger partial charge in [0.2, 0.25) is 0 Å². The van der Waals surface area contributed by atoms with Crippen molar-refractivity contribution in [3.8, 4) is 0 Å². The highest BCUT2D eigenvalue weighted by atomic mass is 16.5. The van der Waals surface area contributed by atoms with Crippen molar-refractivity contribution in [3.63, 3.8) is 0 Å². The van der Waals surface area contributed by atoms with Crippen LogP contribution < -0.4 is 0 Å². The first kappa shape index (κ1) is 5.44. The summed E-state index contributed by atoms with van der Waals surface area (Å²) in [6, 6.07) is 0. The molecule has 1 aliphatic heterocycles. The van der Waals surface area contributed by atoms with Crippen molar-refractivity contribution in [3.05, 3.63) is 12.5 Å². The molecule has 3 nitrogen and oxygen atoms in total. The molecular weight excluding hydrogens is 104 g/mol. The van der Waals surface area contributed by atoms with Crippen LogP contribution in [0.4, 0.5) is 0 Å². The Kier molecular flexibility index (Phi) is 1.39. The minimum absolute atomic E-state index is 0.646. The van der Waals surface area contributed by atoms with Crippen LogP contribution in [0.3, 0.4) is 0 Å². The average Bonchev–Trinajstić information content (AvgIpc) is 1.77. The summed E-state index contributed by atoms with van der Waals surface area (Å²) in [5.41, 5.74) is 0. The third kappa shape index (κ3) is 0.924. The molecule has 0 amide bonds. The Bertz CT molecular complexity index is 103. The lowest BCUT2D eigenvalue weighted by Crippen LogP contribution is -2.36. The molecule has 0 aromatic heterocycles. The second-order valence-electron chi connectivity index (χ2n) is 1.81. The molecule has 1 aliphatic rings. The van der Waals surface area contributed by atoms with E-state index in [0.29, 0.717) is 6.73 Å². The van der Waals surface area contributed by atoms with Gasteiger partial charge in [0.1, 0.15) is 6.26 Å². The molecule has 1 rings (SSSR count). The molecule has 1 heterocycles. The van der Waals surface area contributed by atoms with Gasteiger partial charge in [-0.05, 0) is 0 Å². The van der Waals surface area contributed by atoms with E-state index in [0.717, 1.165) is 0 Å². The first-order valence-corrected chi connectivity index (χ1v) is 2.53. The average molecular weight is 114 g/mol. The van der Waals surface area contributed by atoms with Gasteiger partial charge in [0.25, 0.3) is 0 Å². The van der Waals surface area contributed by atoms with Gasteiger partial charge in [0, 0.05) is 14.1 Å². The van der Waals surface area contributed by atoms with E-state index in [-0.39, 0.29) is 0 Å². The van der Waals surface area contributed by atoms with E-state index in [1.807, 2.05) is 30.3 Å². The van der Waals surface area contributed by atoms with E-state index in [1.54, 1.807) is 6.26 Å². The van der Waals surface area contributed by atoms with Crippen molar-refractivity contribution in [2.24, 2.45) is 0 Å². The third-order valence-corrected chi connectivity index (χ3v) is 1.17. The molecule has 0 atom stereocenters. The zero-order valence-corrected chi connectivity index (χ0v) is 5.16. The van der Waals surface area contributed by atoms with Crippen LogP contribution in [0.25, 0.3) is 0 Å². The largest absolute Gasteiger partial charge is 0.483 e. The summed E-state index contributed by atoms with van der Waals surface area (Å²) in [5, 5.41) is 3.92. The maximum atomic E-state index is 4.96. The van der Waals surface area contributed by atoms with Crippen LogP contribution in [0.5, 0.6) is 0 Å². The smallest absolute Gasteiger partial charge is 0.157 e. The van der Waals surface area contributed by atoms with Crippen LogP contribution in [0, 0.1) is 0 Å². The molecule has 0 N–H and O–H groups in total. The Hall–Kier alpha value is -0.700. The second kappa shape index (κ2) is 2.05. The second-order valence-corrected chi connectivity index (χ2v) is 1.81. The fourth-order valence-corrected chi connectivity index (χ4v) is 0.487. The van der Waals surface area contributed by atoms with Gasteiger partial charge < -0.3 is 9.75 Å². The van der Waals surface area contributed by atoms with E-state index in [4.69, 9.17) is 4.74 Å². The van der Waals surface area contributed by atoms with Gasteiger partial charge in [-0.2, -0.15) is 5.01 Å². The Morgan fingerprint density at radius 3 is 2.62 bits per heavy atom. The SMILES string of the molecule is CN1C=COCN1C. The van der Waals surface area contributed by atoms with E-state index in [1.165, 1.54) is 0 Å². The summed E-state index contributed by atoms with van der Waals surface area (Å²) in [6.45, 7) is 0.646. The fourth-order valence-electron chi connectivity index (χ4n) is 0.487. The predicted octanol–water partition coefficient (Wildman–Crippen LogP) is 0.224. The maximum Gasteiger partial charge on any atom is 0.157 e. The van der Waals surface area contributed by atoms with E-state index >= 15 is 0 Å². The van der Waals surface area contributed by atoms with Gasteiger partial charge in [0.05, 0.1) is 6.20 Å². The van der Waals surface area contributed by atoms with Gasteiger partial charge in [-0.25, -0.2) is 0 Å². The van der Waals surface area contributed by atoms with Crippen LogP contribution in [0.2, 0.25) is 0 Å². The molecule has 0 radical (unpaired) electrons. The summed E-state index contributed by atoms with van der Waals surface area (Å²) < 4.78 is 4.96. The van der Waals surface area contributed by atoms with Crippen molar-refractivity contribution in [1.29, 1.82) is 0 Å². The van der Waals surface area contributed by atoms with Gasteiger partial charge in [-0.15, -0.1) is 0 Å². The molecule has 8 heavy (non-hydrogen) atoms. The Morgan fingerprint density at radius 2 is 2.25 bits per heavy atom. The zero-order valence-electron chi connectivity index (χ0n) is 5.16. The number of hydrazine groups is 1. The molecule has 0 spiro atoms. The molecule has 0 aromatic rings. The first-order valence-electron chi connectivity index (χ1n) is 2.53. The third-order valence-electron chi connectivity index (χ3n) is 1.17. The molecular formula is C5H10N2O. The molecule has 0 saturated carbocycles. The Morgan fingerprint density at radius 1 is 1.50 bits per heavy atom. The van der Waals surface area contributed by atoms with Gasteiger partial charge in [0.15, 0.2) is 6.73 Å². The zero-order chi connectivity index (χ0) is 5.98. The molecule has 0 fully saturated rings. The van der Waals surface area contributed by atoms with Gasteiger partial charge in [-0.1, -0.05) is 0 Å². The number of hydrogen-bond acceptors (Lipinski definition) is 3.